The lowest BCUT2D eigenvalue weighted by molar-refractivity contribution is -0.137. The molecule has 0 spiro atoms. The van der Waals surface area contributed by atoms with Crippen LogP contribution in [-0.2, 0) is 6.18 Å². The summed E-state index contributed by atoms with van der Waals surface area (Å²) in [5.41, 5.74) is -0.675. The van der Waals surface area contributed by atoms with E-state index in [9.17, 15) is 13.2 Å². The normalized spacial score (nSPS) is 15.4. The quantitative estimate of drug-likeness (QED) is 0.913. The van der Waals surface area contributed by atoms with Crippen molar-refractivity contribution in [1.29, 1.82) is 0 Å². The molecule has 2 aromatic heterocycles. The van der Waals surface area contributed by atoms with Crippen molar-refractivity contribution in [3.05, 3.63) is 36.2 Å². The molecular formula is C16H19F3N6. The van der Waals surface area contributed by atoms with Crippen LogP contribution in [0.3, 0.4) is 0 Å². The Labute approximate surface area is 143 Å². The second-order valence-corrected chi connectivity index (χ2v) is 5.64. The smallest absolute Gasteiger partial charge is 0.354 e. The molecule has 0 atom stereocenters. The Morgan fingerprint density at radius 1 is 1.00 bits per heavy atom. The van der Waals surface area contributed by atoms with Crippen molar-refractivity contribution < 1.29 is 13.2 Å². The van der Waals surface area contributed by atoms with Crippen LogP contribution in [-0.4, -0.2) is 47.7 Å². The molecule has 0 aliphatic carbocycles. The van der Waals surface area contributed by atoms with E-state index < -0.39 is 11.7 Å². The van der Waals surface area contributed by atoms with E-state index >= 15 is 0 Å². The number of nitrogens with zero attached hydrogens (tertiary/aromatic N) is 5. The highest BCUT2D eigenvalue weighted by atomic mass is 19.4. The number of rotatable bonds is 4. The van der Waals surface area contributed by atoms with Crippen LogP contribution >= 0.6 is 0 Å². The molecular weight excluding hydrogens is 333 g/mol. The molecule has 3 rings (SSSR count). The highest BCUT2D eigenvalue weighted by Gasteiger charge is 2.31. The highest BCUT2D eigenvalue weighted by Crippen LogP contribution is 2.31. The van der Waals surface area contributed by atoms with E-state index in [-0.39, 0.29) is 0 Å². The van der Waals surface area contributed by atoms with E-state index in [0.717, 1.165) is 24.5 Å². The lowest BCUT2D eigenvalue weighted by atomic mass is 10.2. The predicted molar refractivity (Wildman–Crippen MR) is 89.9 cm³/mol. The van der Waals surface area contributed by atoms with Gasteiger partial charge in [0.05, 0.1) is 5.56 Å². The zero-order valence-corrected chi connectivity index (χ0v) is 13.8. The zero-order chi connectivity index (χ0) is 17.9. The van der Waals surface area contributed by atoms with Crippen LogP contribution in [0, 0.1) is 0 Å². The summed E-state index contributed by atoms with van der Waals surface area (Å²) in [6.45, 7) is 5.17. The molecule has 0 amide bonds. The molecule has 0 aromatic carbocycles. The number of nitrogens with one attached hydrogen (secondary N) is 1. The molecule has 0 unspecified atom stereocenters. The number of alkyl halides is 3. The van der Waals surface area contributed by atoms with Crippen LogP contribution in [0.4, 0.5) is 30.8 Å². The van der Waals surface area contributed by atoms with Gasteiger partial charge in [0.1, 0.15) is 11.6 Å². The molecule has 0 bridgehead atoms. The van der Waals surface area contributed by atoms with Gasteiger partial charge in [-0.1, -0.05) is 0 Å². The molecule has 6 nitrogen and oxygen atoms in total. The first-order chi connectivity index (χ1) is 12.0. The van der Waals surface area contributed by atoms with Crippen molar-refractivity contribution in [2.24, 2.45) is 0 Å². The molecule has 9 heteroatoms. The van der Waals surface area contributed by atoms with Gasteiger partial charge in [0, 0.05) is 45.1 Å². The van der Waals surface area contributed by atoms with E-state index in [1.54, 1.807) is 6.20 Å². The third-order valence-corrected chi connectivity index (χ3v) is 3.98. The molecule has 3 heterocycles. The first-order valence-corrected chi connectivity index (χ1v) is 8.07. The van der Waals surface area contributed by atoms with Crippen LogP contribution in [0.25, 0.3) is 0 Å². The fourth-order valence-electron chi connectivity index (χ4n) is 2.70. The minimum Gasteiger partial charge on any atom is -0.354 e. The van der Waals surface area contributed by atoms with Crippen LogP contribution in [0.1, 0.15) is 12.5 Å². The number of anilines is 3. The van der Waals surface area contributed by atoms with Crippen molar-refractivity contribution in [2.45, 2.75) is 13.1 Å². The first-order valence-electron chi connectivity index (χ1n) is 8.07. The molecule has 0 radical (unpaired) electrons. The van der Waals surface area contributed by atoms with Crippen LogP contribution in [0.5, 0.6) is 0 Å². The number of aromatic nitrogens is 3. The van der Waals surface area contributed by atoms with Crippen molar-refractivity contribution in [3.63, 3.8) is 0 Å². The minimum absolute atomic E-state index is 0.352. The average Bonchev–Trinajstić information content (AvgIpc) is 2.62. The molecule has 2 aromatic rings. The molecule has 1 aliphatic rings. The van der Waals surface area contributed by atoms with Gasteiger partial charge in [0.15, 0.2) is 0 Å². The summed E-state index contributed by atoms with van der Waals surface area (Å²) in [6.07, 6.45) is -1.46. The van der Waals surface area contributed by atoms with E-state index in [1.165, 1.54) is 6.20 Å². The van der Waals surface area contributed by atoms with Gasteiger partial charge in [-0.2, -0.15) is 18.2 Å². The second-order valence-electron chi connectivity index (χ2n) is 5.64. The van der Waals surface area contributed by atoms with Gasteiger partial charge in [-0.15, -0.1) is 0 Å². The monoisotopic (exact) mass is 352 g/mol. The standard InChI is InChI=1S/C16H19F3N6/c1-2-20-15-22-6-4-13(23-15)24-7-9-25(10-8-24)14-11-12(3-5-21-14)16(17,18)19/h3-6,11H,2,7-10H2,1H3,(H,20,22,23). The van der Waals surface area contributed by atoms with Crippen molar-refractivity contribution in [3.8, 4) is 0 Å². The van der Waals surface area contributed by atoms with Crippen LogP contribution in [0.2, 0.25) is 0 Å². The predicted octanol–water partition coefficient (Wildman–Crippen LogP) is 2.65. The number of halogens is 3. The Bertz CT molecular complexity index is 713. The third-order valence-electron chi connectivity index (χ3n) is 3.98. The maximum Gasteiger partial charge on any atom is 0.416 e. The number of hydrogen-bond donors (Lipinski definition) is 1. The van der Waals surface area contributed by atoms with Gasteiger partial charge in [0.25, 0.3) is 0 Å². The Morgan fingerprint density at radius 2 is 1.64 bits per heavy atom. The summed E-state index contributed by atoms with van der Waals surface area (Å²) in [6, 6.07) is 3.92. The van der Waals surface area contributed by atoms with Gasteiger partial charge < -0.3 is 15.1 Å². The first kappa shape index (κ1) is 17.2. The SMILES string of the molecule is CCNc1nccc(N2CCN(c3cc(C(F)(F)F)ccn3)CC2)n1. The minimum atomic E-state index is -4.36. The molecule has 25 heavy (non-hydrogen) atoms. The van der Waals surface area contributed by atoms with Gasteiger partial charge >= 0.3 is 6.18 Å². The van der Waals surface area contributed by atoms with Gasteiger partial charge in [-0.3, -0.25) is 0 Å². The van der Waals surface area contributed by atoms with Crippen molar-refractivity contribution in [2.75, 3.05) is 47.8 Å². The fraction of sp³-hybridized carbons (Fsp3) is 0.438. The zero-order valence-electron chi connectivity index (χ0n) is 13.8. The number of hydrogen-bond acceptors (Lipinski definition) is 6. The summed E-state index contributed by atoms with van der Waals surface area (Å²) in [5.74, 6) is 1.73. The third kappa shape index (κ3) is 4.09. The van der Waals surface area contributed by atoms with Gasteiger partial charge in [0.2, 0.25) is 5.95 Å². The van der Waals surface area contributed by atoms with Crippen molar-refractivity contribution >= 4 is 17.6 Å². The average molecular weight is 352 g/mol. The number of piperazine rings is 1. The highest BCUT2D eigenvalue weighted by molar-refractivity contribution is 5.47. The Hall–Kier alpha value is -2.58. The fourth-order valence-corrected chi connectivity index (χ4v) is 2.70. The summed E-state index contributed by atoms with van der Waals surface area (Å²) in [7, 11) is 0. The molecule has 1 saturated heterocycles. The van der Waals surface area contributed by atoms with E-state index in [0.29, 0.717) is 37.9 Å². The van der Waals surface area contributed by atoms with E-state index in [4.69, 9.17) is 0 Å². The van der Waals surface area contributed by atoms with Crippen LogP contribution < -0.4 is 15.1 Å². The van der Waals surface area contributed by atoms with Crippen molar-refractivity contribution in [1.82, 2.24) is 15.0 Å². The largest absolute Gasteiger partial charge is 0.416 e. The van der Waals surface area contributed by atoms with Gasteiger partial charge in [-0.05, 0) is 25.1 Å². The molecule has 134 valence electrons. The van der Waals surface area contributed by atoms with Crippen LogP contribution in [0.15, 0.2) is 30.6 Å². The van der Waals surface area contributed by atoms with E-state index in [1.807, 2.05) is 17.9 Å². The maximum atomic E-state index is 12.8. The number of pyridine rings is 1. The molecule has 1 N–H and O–H groups in total. The van der Waals surface area contributed by atoms with E-state index in [2.05, 4.69) is 25.2 Å². The Morgan fingerprint density at radius 3 is 2.28 bits per heavy atom. The second kappa shape index (κ2) is 7.12. The summed E-state index contributed by atoms with van der Waals surface area (Å²) >= 11 is 0. The lowest BCUT2D eigenvalue weighted by Gasteiger charge is -2.36. The topological polar surface area (TPSA) is 57.2 Å². The summed E-state index contributed by atoms with van der Waals surface area (Å²) < 4.78 is 38.5. The van der Waals surface area contributed by atoms with Gasteiger partial charge in [-0.25, -0.2) is 9.97 Å². The Balaban J connectivity index is 1.67. The Kier molecular flexibility index (Phi) is 4.91. The maximum absolute atomic E-state index is 12.8. The summed E-state index contributed by atoms with van der Waals surface area (Å²) in [5, 5.41) is 3.07. The molecule has 0 saturated carbocycles. The summed E-state index contributed by atoms with van der Waals surface area (Å²) in [4.78, 5) is 16.6. The molecule has 1 fully saturated rings. The lowest BCUT2D eigenvalue weighted by Crippen LogP contribution is -2.47. The molecule has 1 aliphatic heterocycles.